The third-order valence-electron chi connectivity index (χ3n) is 5.19. The molecule has 2 N–H and O–H groups in total. The summed E-state index contributed by atoms with van der Waals surface area (Å²) in [7, 11) is -3.95. The van der Waals surface area contributed by atoms with Crippen molar-refractivity contribution in [2.75, 3.05) is 24.2 Å². The molecular formula is C25H26N2O4S. The average molecular weight is 451 g/mol. The topological polar surface area (TPSA) is 91.9 Å². The number of anilines is 1. The molecule has 4 rings (SSSR count). The minimum absolute atomic E-state index is 0.273. The van der Waals surface area contributed by atoms with E-state index in [0.29, 0.717) is 13.0 Å². The van der Waals surface area contributed by atoms with Gasteiger partial charge in [0, 0.05) is 47.4 Å². The van der Waals surface area contributed by atoms with Gasteiger partial charge in [0.05, 0.1) is 11.1 Å². The predicted molar refractivity (Wildman–Crippen MR) is 129 cm³/mol. The van der Waals surface area contributed by atoms with Crippen molar-refractivity contribution in [3.63, 3.8) is 0 Å². The molecule has 0 atom stereocenters. The molecule has 2 aliphatic rings. The van der Waals surface area contributed by atoms with E-state index < -0.39 is 10.1 Å². The van der Waals surface area contributed by atoms with Gasteiger partial charge in [-0.2, -0.15) is 8.42 Å². The number of rotatable bonds is 8. The summed E-state index contributed by atoms with van der Waals surface area (Å²) >= 11 is 0. The fourth-order valence-corrected chi connectivity index (χ4v) is 4.24. The van der Waals surface area contributed by atoms with Crippen molar-refractivity contribution >= 4 is 26.8 Å². The summed E-state index contributed by atoms with van der Waals surface area (Å²) in [5.74, 6) is 0.488. The first-order chi connectivity index (χ1) is 15.4. The predicted octanol–water partition coefficient (Wildman–Crippen LogP) is 5.21. The third kappa shape index (κ3) is 5.18. The Morgan fingerprint density at radius 3 is 2.59 bits per heavy atom. The summed E-state index contributed by atoms with van der Waals surface area (Å²) in [4.78, 5) is 4.60. The van der Waals surface area contributed by atoms with Crippen molar-refractivity contribution in [2.45, 2.75) is 19.8 Å². The molecule has 7 heteroatoms. The van der Waals surface area contributed by atoms with E-state index in [-0.39, 0.29) is 5.75 Å². The maximum atomic E-state index is 10.9. The summed E-state index contributed by atoms with van der Waals surface area (Å²) in [6, 6.07) is 22.2. The zero-order valence-corrected chi connectivity index (χ0v) is 18.7. The average Bonchev–Trinajstić information content (AvgIpc) is 2.78. The molecule has 0 saturated carbocycles. The smallest absolute Gasteiger partial charge is 0.264 e. The van der Waals surface area contributed by atoms with Crippen molar-refractivity contribution < 1.29 is 17.4 Å². The SMILES string of the molecule is CCC/N=c1/ccc2c(-c3ccccc3)c3ccc(NCCCS(=O)(=O)O)cc3oc-2c1. The van der Waals surface area contributed by atoms with Crippen LogP contribution in [0, 0.1) is 0 Å². The van der Waals surface area contributed by atoms with Gasteiger partial charge >= 0.3 is 0 Å². The highest BCUT2D eigenvalue weighted by atomic mass is 32.2. The van der Waals surface area contributed by atoms with E-state index in [1.165, 1.54) is 0 Å². The summed E-state index contributed by atoms with van der Waals surface area (Å²) in [5.41, 5.74) is 4.77. The summed E-state index contributed by atoms with van der Waals surface area (Å²) in [6.45, 7) is 3.28. The first kappa shape index (κ1) is 22.0. The van der Waals surface area contributed by atoms with Crippen LogP contribution in [0.2, 0.25) is 0 Å². The van der Waals surface area contributed by atoms with Crippen LogP contribution >= 0.6 is 0 Å². The molecule has 32 heavy (non-hydrogen) atoms. The Labute approximate surface area is 187 Å². The monoisotopic (exact) mass is 450 g/mol. The van der Waals surface area contributed by atoms with Crippen LogP contribution in [0.4, 0.5) is 5.69 Å². The van der Waals surface area contributed by atoms with Crippen molar-refractivity contribution in [3.05, 3.63) is 72.1 Å². The van der Waals surface area contributed by atoms with E-state index in [1.807, 2.05) is 48.5 Å². The first-order valence-electron chi connectivity index (χ1n) is 10.7. The Bertz CT molecular complexity index is 1360. The van der Waals surface area contributed by atoms with Crippen LogP contribution < -0.4 is 10.7 Å². The van der Waals surface area contributed by atoms with Gasteiger partial charge < -0.3 is 9.73 Å². The Morgan fingerprint density at radius 2 is 1.84 bits per heavy atom. The van der Waals surface area contributed by atoms with Crippen LogP contribution in [0.3, 0.4) is 0 Å². The van der Waals surface area contributed by atoms with Gasteiger partial charge in [0.2, 0.25) is 0 Å². The Morgan fingerprint density at radius 1 is 1.03 bits per heavy atom. The molecule has 1 aliphatic carbocycles. The molecule has 2 aromatic rings. The van der Waals surface area contributed by atoms with E-state index >= 15 is 0 Å². The van der Waals surface area contributed by atoms with E-state index in [4.69, 9.17) is 8.97 Å². The lowest BCUT2D eigenvalue weighted by atomic mass is 9.93. The third-order valence-corrected chi connectivity index (χ3v) is 6.00. The molecule has 0 bridgehead atoms. The number of hydrogen-bond acceptors (Lipinski definition) is 5. The molecule has 1 heterocycles. The van der Waals surface area contributed by atoms with Crippen LogP contribution in [0.1, 0.15) is 19.8 Å². The van der Waals surface area contributed by atoms with Gasteiger partial charge in [-0.15, -0.1) is 0 Å². The molecule has 166 valence electrons. The highest BCUT2D eigenvalue weighted by molar-refractivity contribution is 7.85. The van der Waals surface area contributed by atoms with Gasteiger partial charge in [0.15, 0.2) is 0 Å². The van der Waals surface area contributed by atoms with Crippen molar-refractivity contribution in [2.24, 2.45) is 4.99 Å². The maximum Gasteiger partial charge on any atom is 0.264 e. The fourth-order valence-electron chi connectivity index (χ4n) is 3.73. The zero-order valence-electron chi connectivity index (χ0n) is 17.9. The number of nitrogens with one attached hydrogen (secondary N) is 1. The van der Waals surface area contributed by atoms with E-state index in [2.05, 4.69) is 35.4 Å². The van der Waals surface area contributed by atoms with Crippen LogP contribution in [0.5, 0.6) is 0 Å². The van der Waals surface area contributed by atoms with E-state index in [9.17, 15) is 8.42 Å². The Balaban J connectivity index is 1.79. The van der Waals surface area contributed by atoms with Crippen molar-refractivity contribution in [3.8, 4) is 22.5 Å². The lowest BCUT2D eigenvalue weighted by Gasteiger charge is -2.16. The first-order valence-corrected chi connectivity index (χ1v) is 12.3. The highest BCUT2D eigenvalue weighted by Crippen LogP contribution is 2.40. The number of fused-ring (bicyclic) bond motifs is 2. The van der Waals surface area contributed by atoms with Gasteiger partial charge in [-0.05, 0) is 42.7 Å². The van der Waals surface area contributed by atoms with Crippen molar-refractivity contribution in [1.82, 2.24) is 0 Å². The summed E-state index contributed by atoms with van der Waals surface area (Å²) in [5, 5.41) is 5.08. The maximum absolute atomic E-state index is 10.9. The quantitative estimate of drug-likeness (QED) is 0.219. The molecule has 0 amide bonds. The highest BCUT2D eigenvalue weighted by Gasteiger charge is 2.17. The number of nitrogens with zero attached hydrogens (tertiary/aromatic N) is 1. The largest absolute Gasteiger partial charge is 0.456 e. The molecule has 2 aromatic carbocycles. The second kappa shape index (κ2) is 9.54. The molecule has 0 spiro atoms. The van der Waals surface area contributed by atoms with E-state index in [0.717, 1.165) is 57.4 Å². The van der Waals surface area contributed by atoms with Crippen LogP contribution in [-0.4, -0.2) is 31.8 Å². The van der Waals surface area contributed by atoms with Gasteiger partial charge in [-0.3, -0.25) is 9.55 Å². The molecule has 0 unspecified atom stereocenters. The molecule has 0 radical (unpaired) electrons. The summed E-state index contributed by atoms with van der Waals surface area (Å²) in [6.07, 6.45) is 1.29. The second-order valence-corrected chi connectivity index (χ2v) is 9.25. The minimum Gasteiger partial charge on any atom is -0.456 e. The molecule has 0 aromatic heterocycles. The normalized spacial score (nSPS) is 12.5. The minimum atomic E-state index is -3.95. The van der Waals surface area contributed by atoms with Crippen LogP contribution in [-0.2, 0) is 10.1 Å². The number of benzene rings is 3. The molecular weight excluding hydrogens is 424 g/mol. The fraction of sp³-hybridized carbons (Fsp3) is 0.240. The summed E-state index contributed by atoms with van der Waals surface area (Å²) < 4.78 is 37.0. The van der Waals surface area contributed by atoms with Crippen molar-refractivity contribution in [1.29, 1.82) is 0 Å². The van der Waals surface area contributed by atoms with Crippen LogP contribution in [0.25, 0.3) is 33.4 Å². The molecule has 6 nitrogen and oxygen atoms in total. The second-order valence-electron chi connectivity index (χ2n) is 7.68. The van der Waals surface area contributed by atoms with Gasteiger partial charge in [-0.25, -0.2) is 0 Å². The van der Waals surface area contributed by atoms with Gasteiger partial charge in [0.25, 0.3) is 10.1 Å². The van der Waals surface area contributed by atoms with Gasteiger partial charge in [0.1, 0.15) is 11.3 Å². The Hall–Kier alpha value is -3.16. The lowest BCUT2D eigenvalue weighted by Crippen LogP contribution is -2.10. The molecule has 0 fully saturated rings. The lowest BCUT2D eigenvalue weighted by molar-refractivity contribution is 0.481. The molecule has 1 aliphatic heterocycles. The van der Waals surface area contributed by atoms with E-state index in [1.54, 1.807) is 0 Å². The molecule has 0 saturated heterocycles. The van der Waals surface area contributed by atoms with Crippen LogP contribution in [0.15, 0.2) is 76.1 Å². The Kier molecular flexibility index (Phi) is 6.58. The zero-order chi connectivity index (χ0) is 22.6. The number of hydrogen-bond donors (Lipinski definition) is 2. The standard InChI is InChI=1S/C25H26N2O4S/c1-2-13-26-19-9-11-21-23(16-19)31-24-17-20(27-14-6-15-32(28,29)30)10-12-22(24)25(21)18-7-4-3-5-8-18/h3-5,7-12,16-17,27H,2,6,13-15H2,1H3,(H,28,29,30)/b26-19-. The van der Waals surface area contributed by atoms with Gasteiger partial charge in [-0.1, -0.05) is 37.3 Å².